The second-order valence-corrected chi connectivity index (χ2v) is 8.05. The number of hydrogen-bond acceptors (Lipinski definition) is 5. The molecule has 0 unspecified atom stereocenters. The van der Waals surface area contributed by atoms with Gasteiger partial charge in [0.05, 0.1) is 23.8 Å². The molecule has 5 nitrogen and oxygen atoms in total. The van der Waals surface area contributed by atoms with Crippen LogP contribution < -0.4 is 10.1 Å². The molecule has 0 fully saturated rings. The van der Waals surface area contributed by atoms with Crippen molar-refractivity contribution >= 4 is 51.4 Å². The highest BCUT2D eigenvalue weighted by molar-refractivity contribution is 7.15. The van der Waals surface area contributed by atoms with Crippen LogP contribution >= 0.6 is 34.5 Å². The van der Waals surface area contributed by atoms with E-state index in [2.05, 4.69) is 5.32 Å². The summed E-state index contributed by atoms with van der Waals surface area (Å²) in [5.74, 6) is -0.322. The summed E-state index contributed by atoms with van der Waals surface area (Å²) >= 11 is 13.2. The van der Waals surface area contributed by atoms with Crippen LogP contribution in [-0.2, 0) is 4.74 Å². The van der Waals surface area contributed by atoms with E-state index < -0.39 is 11.9 Å². The number of aryl methyl sites for hydroxylation is 1. The molecule has 0 bridgehead atoms. The summed E-state index contributed by atoms with van der Waals surface area (Å²) in [6.45, 7) is 3.89. The molecule has 1 N–H and O–H groups in total. The Morgan fingerprint density at radius 2 is 1.83 bits per heavy atom. The van der Waals surface area contributed by atoms with Gasteiger partial charge in [0, 0.05) is 22.1 Å². The molecule has 0 atom stereocenters. The van der Waals surface area contributed by atoms with E-state index in [-0.39, 0.29) is 17.2 Å². The fourth-order valence-electron chi connectivity index (χ4n) is 2.90. The highest BCUT2D eigenvalue weighted by atomic mass is 35.5. The van der Waals surface area contributed by atoms with E-state index in [4.69, 9.17) is 32.7 Å². The van der Waals surface area contributed by atoms with Crippen molar-refractivity contribution in [3.05, 3.63) is 68.5 Å². The van der Waals surface area contributed by atoms with Gasteiger partial charge in [-0.25, -0.2) is 4.79 Å². The number of nitrogens with one attached hydrogen (secondary N) is 1. The smallest absolute Gasteiger partial charge is 0.341 e. The van der Waals surface area contributed by atoms with Gasteiger partial charge >= 0.3 is 5.97 Å². The van der Waals surface area contributed by atoms with Crippen LogP contribution in [0.5, 0.6) is 5.75 Å². The highest BCUT2D eigenvalue weighted by Crippen LogP contribution is 2.41. The monoisotopic (exact) mass is 463 g/mol. The first-order chi connectivity index (χ1) is 14.3. The van der Waals surface area contributed by atoms with Crippen LogP contribution in [0.2, 0.25) is 10.0 Å². The maximum Gasteiger partial charge on any atom is 0.341 e. The summed E-state index contributed by atoms with van der Waals surface area (Å²) in [6.07, 6.45) is 0. The van der Waals surface area contributed by atoms with Crippen LogP contribution in [0.15, 0.2) is 41.8 Å². The quantitative estimate of drug-likeness (QED) is 0.425. The molecule has 1 amide bonds. The van der Waals surface area contributed by atoms with Crippen LogP contribution in [0.25, 0.3) is 11.1 Å². The first kappa shape index (κ1) is 22.2. The number of methoxy groups -OCH3 is 1. The number of rotatable bonds is 6. The maximum atomic E-state index is 12.8. The Labute approximate surface area is 188 Å². The predicted molar refractivity (Wildman–Crippen MR) is 121 cm³/mol. The van der Waals surface area contributed by atoms with E-state index in [0.717, 1.165) is 11.1 Å². The van der Waals surface area contributed by atoms with Crippen molar-refractivity contribution in [1.29, 1.82) is 0 Å². The molecule has 156 valence electrons. The van der Waals surface area contributed by atoms with Gasteiger partial charge < -0.3 is 14.8 Å². The molecule has 1 aromatic heterocycles. The zero-order valence-corrected chi connectivity index (χ0v) is 18.9. The summed E-state index contributed by atoms with van der Waals surface area (Å²) in [6, 6.07) is 10.3. The van der Waals surface area contributed by atoms with Crippen LogP contribution in [0.3, 0.4) is 0 Å². The fraction of sp³-hybridized carbons (Fsp3) is 0.182. The highest BCUT2D eigenvalue weighted by Gasteiger charge is 2.25. The predicted octanol–water partition coefficient (Wildman–Crippen LogP) is 6.47. The molecule has 3 aromatic rings. The van der Waals surface area contributed by atoms with Crippen molar-refractivity contribution in [2.24, 2.45) is 0 Å². The Balaban J connectivity index is 2.05. The normalized spacial score (nSPS) is 10.6. The molecule has 0 saturated heterocycles. The van der Waals surface area contributed by atoms with Crippen LogP contribution in [-0.4, -0.2) is 25.6 Å². The number of amides is 1. The molecule has 0 radical (unpaired) electrons. The molecule has 8 heteroatoms. The van der Waals surface area contributed by atoms with E-state index >= 15 is 0 Å². The van der Waals surface area contributed by atoms with Gasteiger partial charge in [0.1, 0.15) is 16.3 Å². The minimum absolute atomic E-state index is 0.208. The molecular weight excluding hydrogens is 445 g/mol. The number of hydrogen-bond donors (Lipinski definition) is 1. The lowest BCUT2D eigenvalue weighted by atomic mass is 10.0. The van der Waals surface area contributed by atoms with Crippen LogP contribution in [0.4, 0.5) is 5.00 Å². The molecule has 0 aliphatic carbocycles. The zero-order chi connectivity index (χ0) is 21.8. The second-order valence-electron chi connectivity index (χ2n) is 6.36. The first-order valence-electron chi connectivity index (χ1n) is 9.05. The van der Waals surface area contributed by atoms with Gasteiger partial charge in [-0.2, -0.15) is 0 Å². The average molecular weight is 464 g/mol. The number of benzene rings is 2. The number of esters is 1. The van der Waals surface area contributed by atoms with E-state index in [1.54, 1.807) is 31.5 Å². The fourth-order valence-corrected chi connectivity index (χ4v) is 4.14. The van der Waals surface area contributed by atoms with E-state index in [0.29, 0.717) is 26.9 Å². The number of carbonyl (C=O) groups is 2. The lowest BCUT2D eigenvalue weighted by Gasteiger charge is -2.12. The summed E-state index contributed by atoms with van der Waals surface area (Å²) in [4.78, 5) is 25.5. The third-order valence-electron chi connectivity index (χ3n) is 4.32. The number of carbonyl (C=O) groups excluding carboxylic acids is 2. The van der Waals surface area contributed by atoms with Gasteiger partial charge in [0.15, 0.2) is 0 Å². The van der Waals surface area contributed by atoms with Crippen molar-refractivity contribution in [1.82, 2.24) is 0 Å². The molecule has 3 rings (SSSR count). The molecule has 0 aliphatic heterocycles. The van der Waals surface area contributed by atoms with Gasteiger partial charge in [-0.3, -0.25) is 4.79 Å². The maximum absolute atomic E-state index is 12.8. The minimum Gasteiger partial charge on any atom is -0.496 e. The van der Waals surface area contributed by atoms with Crippen molar-refractivity contribution in [2.75, 3.05) is 19.0 Å². The molecular formula is C22H19Cl2NO4S. The molecule has 0 aliphatic rings. The van der Waals surface area contributed by atoms with Crippen molar-refractivity contribution in [3.63, 3.8) is 0 Å². The Morgan fingerprint density at radius 3 is 2.50 bits per heavy atom. The zero-order valence-electron chi connectivity index (χ0n) is 16.5. The summed E-state index contributed by atoms with van der Waals surface area (Å²) in [7, 11) is 1.57. The van der Waals surface area contributed by atoms with E-state index in [1.165, 1.54) is 17.4 Å². The van der Waals surface area contributed by atoms with Crippen molar-refractivity contribution < 1.29 is 19.1 Å². The molecule has 30 heavy (non-hydrogen) atoms. The van der Waals surface area contributed by atoms with Crippen LogP contribution in [0.1, 0.15) is 33.2 Å². The summed E-state index contributed by atoms with van der Waals surface area (Å²) in [5, 5.41) is 5.59. The molecule has 0 saturated carbocycles. The average Bonchev–Trinajstić information content (AvgIpc) is 3.13. The lowest BCUT2D eigenvalue weighted by Crippen LogP contribution is -2.15. The molecule has 1 heterocycles. The third kappa shape index (κ3) is 4.61. The Kier molecular flexibility index (Phi) is 7.02. The van der Waals surface area contributed by atoms with E-state index in [1.807, 2.05) is 25.1 Å². The van der Waals surface area contributed by atoms with Crippen molar-refractivity contribution in [3.8, 4) is 16.9 Å². The van der Waals surface area contributed by atoms with Gasteiger partial charge in [0.2, 0.25) is 0 Å². The van der Waals surface area contributed by atoms with Crippen molar-refractivity contribution in [2.45, 2.75) is 13.8 Å². The Bertz CT molecular complexity index is 1110. The Hall–Kier alpha value is -2.54. The number of anilines is 1. The van der Waals surface area contributed by atoms with Gasteiger partial charge in [-0.15, -0.1) is 11.3 Å². The topological polar surface area (TPSA) is 64.6 Å². The van der Waals surface area contributed by atoms with Gasteiger partial charge in [-0.1, -0.05) is 34.8 Å². The summed E-state index contributed by atoms with van der Waals surface area (Å²) in [5.41, 5.74) is 2.98. The number of halogens is 2. The largest absolute Gasteiger partial charge is 0.496 e. The van der Waals surface area contributed by atoms with Crippen LogP contribution in [0, 0.1) is 6.92 Å². The SMILES string of the molecule is CCOC(=O)c1c(-c2cc(C)ccc2OC)csc1NC(=O)c1ccc(Cl)c(Cl)c1. The third-order valence-corrected chi connectivity index (χ3v) is 5.96. The molecule has 0 spiro atoms. The lowest BCUT2D eigenvalue weighted by molar-refractivity contribution is 0.0529. The Morgan fingerprint density at radius 1 is 1.07 bits per heavy atom. The van der Waals surface area contributed by atoms with Gasteiger partial charge in [-0.05, 0) is 44.2 Å². The molecule has 2 aromatic carbocycles. The number of thiophene rings is 1. The number of ether oxygens (including phenoxy) is 2. The summed E-state index contributed by atoms with van der Waals surface area (Å²) < 4.78 is 10.7. The first-order valence-corrected chi connectivity index (χ1v) is 10.7. The van der Waals surface area contributed by atoms with Gasteiger partial charge in [0.25, 0.3) is 5.91 Å². The minimum atomic E-state index is -0.526. The standard InChI is InChI=1S/C22H19Cl2NO4S/c1-4-29-22(27)19-15(14-9-12(2)5-8-18(14)28-3)11-30-21(19)25-20(26)13-6-7-16(23)17(24)10-13/h5-11H,4H2,1-3H3,(H,25,26). The van der Waals surface area contributed by atoms with E-state index in [9.17, 15) is 9.59 Å². The second kappa shape index (κ2) is 9.51.